The molecule has 114 valence electrons. The Balaban J connectivity index is 2.33. The number of benzene rings is 1. The SMILES string of the molecule is CSc1nn2ccc(CCl)nc2c1S(=O)(=O)c1ccccc1. The molecule has 5 nitrogen and oxygen atoms in total. The zero-order chi connectivity index (χ0) is 15.7. The molecule has 2 heterocycles. The van der Waals surface area contributed by atoms with Gasteiger partial charge in [-0.1, -0.05) is 18.2 Å². The number of rotatable bonds is 4. The number of thioether (sulfide) groups is 1. The van der Waals surface area contributed by atoms with Gasteiger partial charge in [0.05, 0.1) is 16.5 Å². The summed E-state index contributed by atoms with van der Waals surface area (Å²) in [5.41, 5.74) is 0.901. The lowest BCUT2D eigenvalue weighted by atomic mass is 10.4. The number of hydrogen-bond acceptors (Lipinski definition) is 5. The zero-order valence-electron chi connectivity index (χ0n) is 11.6. The molecule has 0 aliphatic rings. The Hall–Kier alpha value is -1.57. The molecule has 0 unspecified atom stereocenters. The van der Waals surface area contributed by atoms with Crippen LogP contribution in [0.2, 0.25) is 0 Å². The van der Waals surface area contributed by atoms with Crippen LogP contribution in [-0.4, -0.2) is 29.3 Å². The molecule has 3 rings (SSSR count). The van der Waals surface area contributed by atoms with Crippen LogP contribution in [0, 0.1) is 0 Å². The third-order valence-electron chi connectivity index (χ3n) is 3.12. The van der Waals surface area contributed by atoms with E-state index >= 15 is 0 Å². The predicted molar refractivity (Wildman–Crippen MR) is 86.2 cm³/mol. The Morgan fingerprint density at radius 2 is 1.95 bits per heavy atom. The van der Waals surface area contributed by atoms with E-state index in [-0.39, 0.29) is 15.7 Å². The van der Waals surface area contributed by atoms with Crippen molar-refractivity contribution in [2.75, 3.05) is 6.26 Å². The number of nitrogens with zero attached hydrogens (tertiary/aromatic N) is 3. The molecular formula is C14H12ClN3O2S2. The molecule has 0 aliphatic heterocycles. The van der Waals surface area contributed by atoms with E-state index in [9.17, 15) is 8.42 Å². The van der Waals surface area contributed by atoms with E-state index < -0.39 is 9.84 Å². The normalized spacial score (nSPS) is 11.9. The van der Waals surface area contributed by atoms with Crippen molar-refractivity contribution in [2.24, 2.45) is 0 Å². The Morgan fingerprint density at radius 1 is 1.23 bits per heavy atom. The van der Waals surface area contributed by atoms with E-state index in [1.165, 1.54) is 16.3 Å². The molecule has 0 N–H and O–H groups in total. The third kappa shape index (κ3) is 2.49. The minimum absolute atomic E-state index is 0.123. The van der Waals surface area contributed by atoms with Crippen LogP contribution in [0.25, 0.3) is 5.65 Å². The van der Waals surface area contributed by atoms with Gasteiger partial charge in [-0.3, -0.25) is 0 Å². The van der Waals surface area contributed by atoms with Crippen LogP contribution in [-0.2, 0) is 15.7 Å². The van der Waals surface area contributed by atoms with Crippen LogP contribution in [0.15, 0.2) is 57.4 Å². The van der Waals surface area contributed by atoms with Gasteiger partial charge in [-0.05, 0) is 24.5 Å². The minimum atomic E-state index is -3.70. The van der Waals surface area contributed by atoms with E-state index in [0.717, 1.165) is 0 Å². The van der Waals surface area contributed by atoms with Gasteiger partial charge in [0.1, 0.15) is 5.03 Å². The highest BCUT2D eigenvalue weighted by molar-refractivity contribution is 7.99. The standard InChI is InChI=1S/C14H12ClN3O2S2/c1-21-14-12(22(19,20)11-5-3-2-4-6-11)13-16-10(9-15)7-8-18(13)17-14/h2-8H,9H2,1H3. The first-order chi connectivity index (χ1) is 10.6. The summed E-state index contributed by atoms with van der Waals surface area (Å²) >= 11 is 7.08. The maximum absolute atomic E-state index is 12.9. The van der Waals surface area contributed by atoms with E-state index in [1.54, 1.807) is 48.9 Å². The summed E-state index contributed by atoms with van der Waals surface area (Å²) in [6, 6.07) is 10.00. The third-order valence-corrected chi connectivity index (χ3v) is 6.00. The zero-order valence-corrected chi connectivity index (χ0v) is 14.0. The van der Waals surface area contributed by atoms with Gasteiger partial charge in [0.2, 0.25) is 9.84 Å². The molecule has 0 bridgehead atoms. The molecule has 8 heteroatoms. The Morgan fingerprint density at radius 3 is 2.59 bits per heavy atom. The van der Waals surface area contributed by atoms with E-state index in [4.69, 9.17) is 11.6 Å². The van der Waals surface area contributed by atoms with Crippen molar-refractivity contribution in [3.8, 4) is 0 Å². The van der Waals surface area contributed by atoms with Crippen molar-refractivity contribution in [2.45, 2.75) is 20.7 Å². The van der Waals surface area contributed by atoms with E-state index in [1.807, 2.05) is 0 Å². The Labute approximate surface area is 137 Å². The first kappa shape index (κ1) is 15.3. The summed E-state index contributed by atoms with van der Waals surface area (Å²) in [5, 5.41) is 4.71. The number of hydrogen-bond donors (Lipinski definition) is 0. The summed E-state index contributed by atoms with van der Waals surface area (Å²) in [6.45, 7) is 0. The number of aromatic nitrogens is 3. The maximum atomic E-state index is 12.9. The molecule has 0 saturated heterocycles. The molecule has 1 aromatic carbocycles. The molecule has 3 aromatic rings. The van der Waals surface area contributed by atoms with Crippen molar-refractivity contribution in [1.82, 2.24) is 14.6 Å². The van der Waals surface area contributed by atoms with Crippen LogP contribution >= 0.6 is 23.4 Å². The van der Waals surface area contributed by atoms with Crippen LogP contribution in [0.3, 0.4) is 0 Å². The lowest BCUT2D eigenvalue weighted by molar-refractivity contribution is 0.594. The van der Waals surface area contributed by atoms with Gasteiger partial charge >= 0.3 is 0 Å². The van der Waals surface area contributed by atoms with E-state index in [2.05, 4.69) is 10.1 Å². The fourth-order valence-electron chi connectivity index (χ4n) is 2.09. The van der Waals surface area contributed by atoms with Gasteiger partial charge in [-0.2, -0.15) is 5.10 Å². The molecule has 0 saturated carbocycles. The summed E-state index contributed by atoms with van der Waals surface area (Å²) in [5.74, 6) is 0.209. The number of halogens is 1. The number of alkyl halides is 1. The second-order valence-electron chi connectivity index (χ2n) is 4.48. The summed E-state index contributed by atoms with van der Waals surface area (Å²) < 4.78 is 27.4. The van der Waals surface area contributed by atoms with Gasteiger partial charge < -0.3 is 0 Å². The van der Waals surface area contributed by atoms with Gasteiger partial charge in [-0.15, -0.1) is 23.4 Å². The number of fused-ring (bicyclic) bond motifs is 1. The summed E-state index contributed by atoms with van der Waals surface area (Å²) in [7, 11) is -3.70. The molecular weight excluding hydrogens is 342 g/mol. The number of sulfone groups is 1. The van der Waals surface area contributed by atoms with E-state index in [0.29, 0.717) is 16.4 Å². The molecule has 2 aromatic heterocycles. The van der Waals surface area contributed by atoms with Crippen molar-refractivity contribution in [3.05, 3.63) is 48.3 Å². The van der Waals surface area contributed by atoms with Gasteiger partial charge in [0.25, 0.3) is 0 Å². The molecule has 0 atom stereocenters. The molecule has 0 fully saturated rings. The average molecular weight is 354 g/mol. The van der Waals surface area contributed by atoms with Crippen LogP contribution < -0.4 is 0 Å². The fourth-order valence-corrected chi connectivity index (χ4v) is 4.66. The van der Waals surface area contributed by atoms with Crippen molar-refractivity contribution in [1.29, 1.82) is 0 Å². The largest absolute Gasteiger partial charge is 0.231 e. The summed E-state index contributed by atoms with van der Waals surface area (Å²) in [4.78, 5) is 4.67. The monoisotopic (exact) mass is 353 g/mol. The second kappa shape index (κ2) is 5.91. The molecule has 0 amide bonds. The van der Waals surface area contributed by atoms with Crippen molar-refractivity contribution >= 4 is 38.8 Å². The molecule has 0 aliphatic carbocycles. The van der Waals surface area contributed by atoms with Crippen molar-refractivity contribution in [3.63, 3.8) is 0 Å². The first-order valence-electron chi connectivity index (χ1n) is 6.36. The van der Waals surface area contributed by atoms with Crippen molar-refractivity contribution < 1.29 is 8.42 Å². The highest BCUT2D eigenvalue weighted by atomic mass is 35.5. The topological polar surface area (TPSA) is 64.3 Å². The van der Waals surface area contributed by atoms with Crippen LogP contribution in [0.4, 0.5) is 0 Å². The lowest BCUT2D eigenvalue weighted by Gasteiger charge is -2.04. The smallest absolute Gasteiger partial charge is 0.213 e. The molecule has 0 radical (unpaired) electrons. The average Bonchev–Trinajstić information content (AvgIpc) is 2.93. The van der Waals surface area contributed by atoms with Gasteiger partial charge in [0, 0.05) is 6.20 Å². The fraction of sp³-hybridized carbons (Fsp3) is 0.143. The molecule has 0 spiro atoms. The minimum Gasteiger partial charge on any atom is -0.231 e. The van der Waals surface area contributed by atoms with Crippen LogP contribution in [0.5, 0.6) is 0 Å². The quantitative estimate of drug-likeness (QED) is 0.533. The molecule has 22 heavy (non-hydrogen) atoms. The van der Waals surface area contributed by atoms with Crippen LogP contribution in [0.1, 0.15) is 5.69 Å². The Bertz CT molecular complexity index is 924. The highest BCUT2D eigenvalue weighted by Crippen LogP contribution is 2.32. The van der Waals surface area contributed by atoms with Gasteiger partial charge in [-0.25, -0.2) is 17.9 Å². The predicted octanol–water partition coefficient (Wildman–Crippen LogP) is 3.02. The summed E-state index contributed by atoms with van der Waals surface area (Å²) in [6.07, 6.45) is 3.46. The lowest BCUT2D eigenvalue weighted by Crippen LogP contribution is -2.04. The first-order valence-corrected chi connectivity index (χ1v) is 9.60. The second-order valence-corrected chi connectivity index (χ2v) is 7.42. The van der Waals surface area contributed by atoms with Gasteiger partial charge in [0.15, 0.2) is 10.5 Å². The highest BCUT2D eigenvalue weighted by Gasteiger charge is 2.28. The Kier molecular flexibility index (Phi) is 4.12. The maximum Gasteiger partial charge on any atom is 0.213 e.